The van der Waals surface area contributed by atoms with Gasteiger partial charge in [0.05, 0.1) is 18.7 Å². The number of rotatable bonds is 6. The summed E-state index contributed by atoms with van der Waals surface area (Å²) in [7, 11) is 1.47. The van der Waals surface area contributed by atoms with E-state index in [1.165, 1.54) is 12.1 Å². The first-order chi connectivity index (χ1) is 8.04. The number of carbonyl (C=O) groups is 2. The summed E-state index contributed by atoms with van der Waals surface area (Å²) < 4.78 is 0. The monoisotopic (exact) mass is 241 g/mol. The van der Waals surface area contributed by atoms with E-state index in [9.17, 15) is 9.59 Å². The maximum atomic E-state index is 11.6. The number of hydrazone groups is 1. The molecule has 0 radical (unpaired) electrons. The predicted molar refractivity (Wildman–Crippen MR) is 63.9 cm³/mol. The van der Waals surface area contributed by atoms with Gasteiger partial charge < -0.3 is 10.0 Å². The molecule has 0 saturated carbocycles. The minimum atomic E-state index is -1.01. The van der Waals surface area contributed by atoms with Gasteiger partial charge in [-0.15, -0.1) is 0 Å². The molecular formula is C11H19N3O3. The molecule has 0 bridgehead atoms. The minimum Gasteiger partial charge on any atom is -0.465 e. The maximum absolute atomic E-state index is 11.6. The van der Waals surface area contributed by atoms with E-state index in [-0.39, 0.29) is 18.9 Å². The fourth-order valence-corrected chi connectivity index (χ4v) is 1.64. The highest BCUT2D eigenvalue weighted by atomic mass is 16.4. The lowest BCUT2D eigenvalue weighted by atomic mass is 10.2. The van der Waals surface area contributed by atoms with Crippen molar-refractivity contribution < 1.29 is 14.7 Å². The number of hydrogen-bond donors (Lipinski definition) is 1. The van der Waals surface area contributed by atoms with Gasteiger partial charge in [0.2, 0.25) is 5.91 Å². The summed E-state index contributed by atoms with van der Waals surface area (Å²) in [6.45, 7) is 2.93. The van der Waals surface area contributed by atoms with Gasteiger partial charge in [-0.25, -0.2) is 9.80 Å². The van der Waals surface area contributed by atoms with Crippen LogP contribution in [0.4, 0.5) is 4.79 Å². The molecule has 0 aromatic heterocycles. The molecule has 1 heterocycles. The van der Waals surface area contributed by atoms with Crippen molar-refractivity contribution in [3.05, 3.63) is 0 Å². The summed E-state index contributed by atoms with van der Waals surface area (Å²) in [5.41, 5.74) is 0.622. The molecule has 0 fully saturated rings. The molecule has 1 N–H and O–H groups in total. The summed E-state index contributed by atoms with van der Waals surface area (Å²) in [6, 6.07) is 0. The van der Waals surface area contributed by atoms with Gasteiger partial charge in [-0.1, -0.05) is 19.8 Å². The smallest absolute Gasteiger partial charge is 0.407 e. The second-order valence-electron chi connectivity index (χ2n) is 4.21. The number of nitrogens with zero attached hydrogens (tertiary/aromatic N) is 3. The summed E-state index contributed by atoms with van der Waals surface area (Å²) in [5.74, 6) is -0.0325. The van der Waals surface area contributed by atoms with Crippen LogP contribution in [0, 0.1) is 0 Å². The number of amides is 2. The second kappa shape index (κ2) is 6.22. The van der Waals surface area contributed by atoms with Gasteiger partial charge in [-0.05, 0) is 6.42 Å². The third kappa shape index (κ3) is 4.05. The fraction of sp³-hybridized carbons (Fsp3) is 0.727. The third-order valence-electron chi connectivity index (χ3n) is 2.63. The van der Waals surface area contributed by atoms with Crippen LogP contribution in [0.2, 0.25) is 0 Å². The first kappa shape index (κ1) is 13.5. The molecule has 0 unspecified atom stereocenters. The molecule has 1 aliphatic rings. The first-order valence-electron chi connectivity index (χ1n) is 5.85. The van der Waals surface area contributed by atoms with Gasteiger partial charge in [-0.3, -0.25) is 4.79 Å². The Balaban J connectivity index is 2.45. The van der Waals surface area contributed by atoms with Crippen molar-refractivity contribution in [3.8, 4) is 0 Å². The SMILES string of the molecule is CCCCCN1N=C(CN(C)C(=O)O)CC1=O. The van der Waals surface area contributed by atoms with E-state index < -0.39 is 6.09 Å². The van der Waals surface area contributed by atoms with Crippen LogP contribution in [0.1, 0.15) is 32.6 Å². The number of carbonyl (C=O) groups excluding carboxylic acids is 1. The third-order valence-corrected chi connectivity index (χ3v) is 2.63. The molecule has 6 nitrogen and oxygen atoms in total. The van der Waals surface area contributed by atoms with Crippen molar-refractivity contribution in [2.45, 2.75) is 32.6 Å². The molecule has 0 spiro atoms. The lowest BCUT2D eigenvalue weighted by molar-refractivity contribution is -0.128. The van der Waals surface area contributed by atoms with Crippen molar-refractivity contribution >= 4 is 17.7 Å². The van der Waals surface area contributed by atoms with E-state index >= 15 is 0 Å². The minimum absolute atomic E-state index is 0.0325. The van der Waals surface area contributed by atoms with Gasteiger partial charge in [0.25, 0.3) is 0 Å². The Kier molecular flexibility index (Phi) is 4.93. The molecular weight excluding hydrogens is 222 g/mol. The largest absolute Gasteiger partial charge is 0.465 e. The van der Waals surface area contributed by atoms with Crippen LogP contribution in [0.25, 0.3) is 0 Å². The zero-order chi connectivity index (χ0) is 12.8. The van der Waals surface area contributed by atoms with Crippen molar-refractivity contribution in [2.75, 3.05) is 20.1 Å². The summed E-state index contributed by atoms with van der Waals surface area (Å²) >= 11 is 0. The Hall–Kier alpha value is -1.59. The van der Waals surface area contributed by atoms with E-state index in [0.29, 0.717) is 12.3 Å². The van der Waals surface area contributed by atoms with Gasteiger partial charge in [0.15, 0.2) is 0 Å². The van der Waals surface area contributed by atoms with E-state index in [2.05, 4.69) is 12.0 Å². The van der Waals surface area contributed by atoms with Gasteiger partial charge in [0.1, 0.15) is 0 Å². The normalized spacial score (nSPS) is 15.1. The quantitative estimate of drug-likeness (QED) is 0.714. The Morgan fingerprint density at radius 2 is 2.24 bits per heavy atom. The molecule has 2 amide bonds. The van der Waals surface area contributed by atoms with Crippen LogP contribution in [0.5, 0.6) is 0 Å². The summed E-state index contributed by atoms with van der Waals surface area (Å²) in [4.78, 5) is 23.3. The van der Waals surface area contributed by atoms with Crippen molar-refractivity contribution in [2.24, 2.45) is 5.10 Å². The Morgan fingerprint density at radius 3 is 2.82 bits per heavy atom. The Bertz CT molecular complexity index is 328. The summed E-state index contributed by atoms with van der Waals surface area (Å²) in [5, 5.41) is 14.3. The standard InChI is InChI=1S/C11H19N3O3/c1-3-4-5-6-14-10(15)7-9(12-14)8-13(2)11(16)17/h3-8H2,1-2H3,(H,16,17). The van der Waals surface area contributed by atoms with E-state index in [4.69, 9.17) is 5.11 Å². The highest BCUT2D eigenvalue weighted by Crippen LogP contribution is 2.10. The zero-order valence-electron chi connectivity index (χ0n) is 10.3. The average molecular weight is 241 g/mol. The number of hydrogen-bond acceptors (Lipinski definition) is 3. The lowest BCUT2D eigenvalue weighted by Gasteiger charge is -2.11. The van der Waals surface area contributed by atoms with Crippen LogP contribution in [-0.2, 0) is 4.79 Å². The first-order valence-corrected chi connectivity index (χ1v) is 5.85. The topological polar surface area (TPSA) is 73.2 Å². The van der Waals surface area contributed by atoms with Gasteiger partial charge in [0, 0.05) is 13.6 Å². The van der Waals surface area contributed by atoms with Gasteiger partial charge in [-0.2, -0.15) is 5.10 Å². The van der Waals surface area contributed by atoms with Crippen molar-refractivity contribution in [1.82, 2.24) is 9.91 Å². The molecule has 0 aromatic carbocycles. The summed E-state index contributed by atoms with van der Waals surface area (Å²) in [6.07, 6.45) is 2.34. The van der Waals surface area contributed by atoms with Crippen molar-refractivity contribution in [1.29, 1.82) is 0 Å². The maximum Gasteiger partial charge on any atom is 0.407 e. The van der Waals surface area contributed by atoms with E-state index in [1.54, 1.807) is 0 Å². The average Bonchev–Trinajstić information content (AvgIpc) is 2.59. The van der Waals surface area contributed by atoms with Crippen LogP contribution in [0.3, 0.4) is 0 Å². The predicted octanol–water partition coefficient (Wildman–Crippen LogP) is 1.37. The Morgan fingerprint density at radius 1 is 1.53 bits per heavy atom. The molecule has 0 aliphatic carbocycles. The Labute approximate surface area is 101 Å². The van der Waals surface area contributed by atoms with Gasteiger partial charge >= 0.3 is 6.09 Å². The molecule has 17 heavy (non-hydrogen) atoms. The molecule has 6 heteroatoms. The molecule has 1 rings (SSSR count). The highest BCUT2D eigenvalue weighted by molar-refractivity contribution is 6.06. The number of carboxylic acid groups (broad SMARTS) is 1. The lowest BCUT2D eigenvalue weighted by Crippen LogP contribution is -2.30. The van der Waals surface area contributed by atoms with Crippen LogP contribution in [-0.4, -0.2) is 52.9 Å². The zero-order valence-corrected chi connectivity index (χ0v) is 10.3. The number of unbranched alkanes of at least 4 members (excludes halogenated alkanes) is 2. The molecule has 0 saturated heterocycles. The van der Waals surface area contributed by atoms with E-state index in [1.807, 2.05) is 0 Å². The fourth-order valence-electron chi connectivity index (χ4n) is 1.64. The second-order valence-corrected chi connectivity index (χ2v) is 4.21. The molecule has 1 aliphatic heterocycles. The highest BCUT2D eigenvalue weighted by Gasteiger charge is 2.24. The molecule has 0 aromatic rings. The van der Waals surface area contributed by atoms with Crippen LogP contribution in [0.15, 0.2) is 5.10 Å². The van der Waals surface area contributed by atoms with E-state index in [0.717, 1.165) is 24.2 Å². The van der Waals surface area contributed by atoms with Crippen LogP contribution >= 0.6 is 0 Å². The van der Waals surface area contributed by atoms with Crippen molar-refractivity contribution in [3.63, 3.8) is 0 Å². The molecule has 0 atom stereocenters. The molecule has 96 valence electrons. The van der Waals surface area contributed by atoms with Crippen LogP contribution < -0.4 is 0 Å².